The summed E-state index contributed by atoms with van der Waals surface area (Å²) in [6.07, 6.45) is 5.17. The van der Waals surface area contributed by atoms with Gasteiger partial charge in [-0.15, -0.1) is 0 Å². The van der Waals surface area contributed by atoms with Crippen LogP contribution in [0.25, 0.3) is 0 Å². The van der Waals surface area contributed by atoms with E-state index < -0.39 is 10.0 Å². The summed E-state index contributed by atoms with van der Waals surface area (Å²) in [6.45, 7) is 2.49. The highest BCUT2D eigenvalue weighted by Crippen LogP contribution is 2.17. The van der Waals surface area contributed by atoms with Gasteiger partial charge < -0.3 is 5.32 Å². The normalized spacial score (nSPS) is 21.1. The van der Waals surface area contributed by atoms with Crippen molar-refractivity contribution in [1.82, 2.24) is 14.6 Å². The van der Waals surface area contributed by atoms with Gasteiger partial charge in [0.15, 0.2) is 0 Å². The Kier molecular flexibility index (Phi) is 4.31. The fraction of sp³-hybridized carbons (Fsp3) is 0.583. The molecule has 0 aliphatic carbocycles. The Morgan fingerprint density at radius 1 is 1.56 bits per heavy atom. The van der Waals surface area contributed by atoms with Gasteiger partial charge in [0, 0.05) is 26.0 Å². The zero-order valence-electron chi connectivity index (χ0n) is 10.5. The van der Waals surface area contributed by atoms with Gasteiger partial charge in [-0.2, -0.15) is 0 Å². The average molecular weight is 269 g/mol. The molecule has 2 heterocycles. The van der Waals surface area contributed by atoms with Crippen LogP contribution in [0.2, 0.25) is 0 Å². The molecular formula is C12H19N3O2S. The molecule has 6 heteroatoms. The summed E-state index contributed by atoms with van der Waals surface area (Å²) in [4.78, 5) is 4.12. The molecule has 1 saturated heterocycles. The van der Waals surface area contributed by atoms with Gasteiger partial charge in [-0.1, -0.05) is 0 Å². The van der Waals surface area contributed by atoms with E-state index in [1.54, 1.807) is 25.4 Å². The van der Waals surface area contributed by atoms with Crippen LogP contribution in [0.3, 0.4) is 0 Å². The lowest BCUT2D eigenvalue weighted by Crippen LogP contribution is -2.39. The molecule has 1 aromatic rings. The first-order chi connectivity index (χ1) is 8.60. The van der Waals surface area contributed by atoms with E-state index in [9.17, 15) is 8.42 Å². The first kappa shape index (κ1) is 13.5. The molecule has 0 bridgehead atoms. The van der Waals surface area contributed by atoms with Gasteiger partial charge in [-0.25, -0.2) is 12.7 Å². The molecule has 0 spiro atoms. The van der Waals surface area contributed by atoms with Crippen LogP contribution in [-0.2, 0) is 10.0 Å². The molecule has 1 aromatic heterocycles. The van der Waals surface area contributed by atoms with Crippen LogP contribution < -0.4 is 5.32 Å². The van der Waals surface area contributed by atoms with Gasteiger partial charge in [0.2, 0.25) is 10.0 Å². The first-order valence-corrected chi connectivity index (χ1v) is 7.62. The molecule has 1 N–H and O–H groups in total. The molecule has 0 aromatic carbocycles. The van der Waals surface area contributed by atoms with Crippen LogP contribution in [0.15, 0.2) is 29.4 Å². The van der Waals surface area contributed by atoms with Crippen LogP contribution in [0.4, 0.5) is 0 Å². The molecule has 5 nitrogen and oxygen atoms in total. The average Bonchev–Trinajstić information content (AvgIpc) is 2.41. The molecule has 18 heavy (non-hydrogen) atoms. The number of nitrogens with zero attached hydrogens (tertiary/aromatic N) is 2. The SMILES string of the molecule is CN(CC1CCCNC1)S(=O)(=O)c1cccnc1. The Morgan fingerprint density at radius 2 is 2.39 bits per heavy atom. The maximum Gasteiger partial charge on any atom is 0.244 e. The number of piperidine rings is 1. The van der Waals surface area contributed by atoms with Gasteiger partial charge in [0.25, 0.3) is 0 Å². The summed E-state index contributed by atoms with van der Waals surface area (Å²) < 4.78 is 26.0. The lowest BCUT2D eigenvalue weighted by Gasteiger charge is -2.27. The van der Waals surface area contributed by atoms with Crippen molar-refractivity contribution >= 4 is 10.0 Å². The highest BCUT2D eigenvalue weighted by atomic mass is 32.2. The highest BCUT2D eigenvalue weighted by Gasteiger charge is 2.24. The summed E-state index contributed by atoms with van der Waals surface area (Å²) in [5.74, 6) is 0.398. The number of rotatable bonds is 4. The number of nitrogens with one attached hydrogen (secondary N) is 1. The summed E-state index contributed by atoms with van der Waals surface area (Å²) >= 11 is 0. The lowest BCUT2D eigenvalue weighted by molar-refractivity contribution is 0.314. The van der Waals surface area contributed by atoms with E-state index in [-0.39, 0.29) is 4.90 Å². The van der Waals surface area contributed by atoms with Crippen LogP contribution in [-0.4, -0.2) is 44.4 Å². The summed E-state index contributed by atoms with van der Waals surface area (Å²) in [5.41, 5.74) is 0. The Labute approximate surface area is 108 Å². The van der Waals surface area contributed by atoms with Crippen molar-refractivity contribution in [3.05, 3.63) is 24.5 Å². The number of aromatic nitrogens is 1. The van der Waals surface area contributed by atoms with E-state index in [1.165, 1.54) is 10.5 Å². The van der Waals surface area contributed by atoms with Crippen LogP contribution in [0, 0.1) is 5.92 Å². The molecule has 0 radical (unpaired) electrons. The molecule has 1 aliphatic rings. The second kappa shape index (κ2) is 5.77. The standard InChI is InChI=1S/C12H19N3O2S/c1-15(10-11-4-2-6-13-8-11)18(16,17)12-5-3-7-14-9-12/h3,5,7,9,11,13H,2,4,6,8,10H2,1H3. The topological polar surface area (TPSA) is 62.3 Å². The maximum atomic E-state index is 12.3. The van der Waals surface area contributed by atoms with Crippen molar-refractivity contribution in [3.8, 4) is 0 Å². The van der Waals surface area contributed by atoms with E-state index in [2.05, 4.69) is 10.3 Å². The number of sulfonamides is 1. The predicted molar refractivity (Wildman–Crippen MR) is 69.6 cm³/mol. The molecule has 0 saturated carbocycles. The molecule has 100 valence electrons. The smallest absolute Gasteiger partial charge is 0.244 e. The Hall–Kier alpha value is -0.980. The zero-order valence-corrected chi connectivity index (χ0v) is 11.4. The third-order valence-electron chi connectivity index (χ3n) is 3.26. The van der Waals surface area contributed by atoms with Crippen LogP contribution >= 0.6 is 0 Å². The predicted octanol–water partition coefficient (Wildman–Crippen LogP) is 0.702. The minimum atomic E-state index is -3.40. The molecule has 0 amide bonds. The zero-order chi connectivity index (χ0) is 13.0. The lowest BCUT2D eigenvalue weighted by atomic mass is 10.00. The Bertz CT molecular complexity index is 469. The molecular weight excluding hydrogens is 250 g/mol. The van der Waals surface area contributed by atoms with Crippen LogP contribution in [0.1, 0.15) is 12.8 Å². The van der Waals surface area contributed by atoms with Gasteiger partial charge in [0.05, 0.1) is 0 Å². The van der Waals surface area contributed by atoms with Crippen molar-refractivity contribution in [2.45, 2.75) is 17.7 Å². The van der Waals surface area contributed by atoms with E-state index in [4.69, 9.17) is 0 Å². The largest absolute Gasteiger partial charge is 0.316 e. The monoisotopic (exact) mass is 269 g/mol. The molecule has 1 aliphatic heterocycles. The number of hydrogen-bond acceptors (Lipinski definition) is 4. The Balaban J connectivity index is 2.05. The summed E-state index contributed by atoms with van der Waals surface area (Å²) in [5, 5.41) is 3.30. The first-order valence-electron chi connectivity index (χ1n) is 6.18. The molecule has 1 atom stereocenters. The van der Waals surface area contributed by atoms with Gasteiger partial charge in [-0.05, 0) is 44.0 Å². The van der Waals surface area contributed by atoms with Gasteiger partial charge in [-0.3, -0.25) is 4.98 Å². The maximum absolute atomic E-state index is 12.3. The fourth-order valence-corrected chi connectivity index (χ4v) is 3.43. The van der Waals surface area contributed by atoms with E-state index >= 15 is 0 Å². The number of pyridine rings is 1. The minimum Gasteiger partial charge on any atom is -0.316 e. The molecule has 1 unspecified atom stereocenters. The Morgan fingerprint density at radius 3 is 3.00 bits per heavy atom. The van der Waals surface area contributed by atoms with E-state index in [0.717, 1.165) is 25.9 Å². The second-order valence-electron chi connectivity index (χ2n) is 4.69. The second-order valence-corrected chi connectivity index (χ2v) is 6.73. The van der Waals surface area contributed by atoms with Crippen molar-refractivity contribution in [2.75, 3.05) is 26.7 Å². The van der Waals surface area contributed by atoms with Crippen molar-refractivity contribution in [2.24, 2.45) is 5.92 Å². The van der Waals surface area contributed by atoms with Crippen molar-refractivity contribution in [3.63, 3.8) is 0 Å². The summed E-state index contributed by atoms with van der Waals surface area (Å²) in [7, 11) is -1.76. The van der Waals surface area contributed by atoms with Crippen molar-refractivity contribution < 1.29 is 8.42 Å². The molecule has 2 rings (SSSR count). The highest BCUT2D eigenvalue weighted by molar-refractivity contribution is 7.89. The third-order valence-corrected chi connectivity index (χ3v) is 5.06. The van der Waals surface area contributed by atoms with E-state index in [1.807, 2.05) is 0 Å². The molecule has 1 fully saturated rings. The van der Waals surface area contributed by atoms with Gasteiger partial charge >= 0.3 is 0 Å². The van der Waals surface area contributed by atoms with Crippen LogP contribution in [0.5, 0.6) is 0 Å². The quantitative estimate of drug-likeness (QED) is 0.874. The minimum absolute atomic E-state index is 0.260. The van der Waals surface area contributed by atoms with Crippen molar-refractivity contribution in [1.29, 1.82) is 0 Å². The van der Waals surface area contributed by atoms with Gasteiger partial charge in [0.1, 0.15) is 4.90 Å². The summed E-state index contributed by atoms with van der Waals surface area (Å²) in [6, 6.07) is 3.22. The number of hydrogen-bond donors (Lipinski definition) is 1. The fourth-order valence-electron chi connectivity index (χ4n) is 2.22. The van der Waals surface area contributed by atoms with E-state index in [0.29, 0.717) is 12.5 Å². The third kappa shape index (κ3) is 3.07.